The van der Waals surface area contributed by atoms with Crippen molar-refractivity contribution in [2.75, 3.05) is 6.54 Å². The van der Waals surface area contributed by atoms with Gasteiger partial charge in [0.15, 0.2) is 0 Å². The lowest BCUT2D eigenvalue weighted by molar-refractivity contribution is 0.384. The second-order valence-corrected chi connectivity index (χ2v) is 4.18. The SMILES string of the molecule is C1=CCC(CC2CCCN2)CC1. The van der Waals surface area contributed by atoms with Crippen LogP contribution in [0.2, 0.25) is 0 Å². The first kappa shape index (κ1) is 8.31. The number of rotatable bonds is 2. The van der Waals surface area contributed by atoms with Crippen LogP contribution in [0.4, 0.5) is 0 Å². The summed E-state index contributed by atoms with van der Waals surface area (Å²) in [7, 11) is 0. The van der Waals surface area contributed by atoms with E-state index in [1.165, 1.54) is 45.1 Å². The summed E-state index contributed by atoms with van der Waals surface area (Å²) >= 11 is 0. The molecular weight excluding hydrogens is 146 g/mol. The molecule has 1 heterocycles. The molecule has 0 bridgehead atoms. The van der Waals surface area contributed by atoms with Crippen LogP contribution in [0, 0.1) is 5.92 Å². The van der Waals surface area contributed by atoms with E-state index in [-0.39, 0.29) is 0 Å². The Kier molecular flexibility index (Phi) is 2.83. The number of hydrogen-bond donors (Lipinski definition) is 1. The fraction of sp³-hybridized carbons (Fsp3) is 0.818. The van der Waals surface area contributed by atoms with Crippen LogP contribution in [0.25, 0.3) is 0 Å². The summed E-state index contributed by atoms with van der Waals surface area (Å²) in [6.07, 6.45) is 13.0. The van der Waals surface area contributed by atoms with Crippen LogP contribution in [-0.2, 0) is 0 Å². The molecule has 12 heavy (non-hydrogen) atoms. The highest BCUT2D eigenvalue weighted by Gasteiger charge is 2.19. The van der Waals surface area contributed by atoms with Crippen LogP contribution in [0.15, 0.2) is 12.2 Å². The molecule has 0 aromatic carbocycles. The molecule has 0 spiro atoms. The first-order valence-corrected chi connectivity index (χ1v) is 5.33. The molecule has 1 N–H and O–H groups in total. The van der Waals surface area contributed by atoms with E-state index in [2.05, 4.69) is 17.5 Å². The van der Waals surface area contributed by atoms with Gasteiger partial charge in [0.1, 0.15) is 0 Å². The molecule has 0 saturated carbocycles. The van der Waals surface area contributed by atoms with Crippen LogP contribution in [0.3, 0.4) is 0 Å². The van der Waals surface area contributed by atoms with Gasteiger partial charge in [-0.05, 0) is 51.0 Å². The van der Waals surface area contributed by atoms with Gasteiger partial charge >= 0.3 is 0 Å². The highest BCUT2D eigenvalue weighted by atomic mass is 14.9. The molecule has 1 aliphatic heterocycles. The predicted molar refractivity (Wildman–Crippen MR) is 52.1 cm³/mol. The minimum Gasteiger partial charge on any atom is -0.314 e. The van der Waals surface area contributed by atoms with Crippen molar-refractivity contribution in [3.8, 4) is 0 Å². The first-order chi connectivity index (χ1) is 5.95. The monoisotopic (exact) mass is 165 g/mol. The van der Waals surface area contributed by atoms with Crippen molar-refractivity contribution >= 4 is 0 Å². The maximum absolute atomic E-state index is 3.58. The van der Waals surface area contributed by atoms with E-state index < -0.39 is 0 Å². The normalized spacial score (nSPS) is 35.7. The largest absolute Gasteiger partial charge is 0.314 e. The Hall–Kier alpha value is -0.300. The lowest BCUT2D eigenvalue weighted by Gasteiger charge is -2.21. The fourth-order valence-electron chi connectivity index (χ4n) is 2.43. The zero-order valence-corrected chi connectivity index (χ0v) is 7.76. The van der Waals surface area contributed by atoms with Crippen molar-refractivity contribution in [3.63, 3.8) is 0 Å². The Balaban J connectivity index is 1.74. The zero-order valence-electron chi connectivity index (χ0n) is 7.76. The van der Waals surface area contributed by atoms with Crippen molar-refractivity contribution in [3.05, 3.63) is 12.2 Å². The molecule has 2 aliphatic rings. The predicted octanol–water partition coefficient (Wildman–Crippen LogP) is 2.48. The maximum Gasteiger partial charge on any atom is 0.00702 e. The van der Waals surface area contributed by atoms with Crippen molar-refractivity contribution in [2.45, 2.75) is 44.6 Å². The highest BCUT2D eigenvalue weighted by molar-refractivity contribution is 4.91. The summed E-state index contributed by atoms with van der Waals surface area (Å²) in [5.74, 6) is 0.977. The van der Waals surface area contributed by atoms with Gasteiger partial charge in [0.25, 0.3) is 0 Å². The molecule has 0 aromatic heterocycles. The minimum atomic E-state index is 0.849. The molecule has 0 radical (unpaired) electrons. The van der Waals surface area contributed by atoms with Crippen molar-refractivity contribution in [2.24, 2.45) is 5.92 Å². The van der Waals surface area contributed by atoms with Gasteiger partial charge in [-0.2, -0.15) is 0 Å². The molecule has 2 unspecified atom stereocenters. The molecule has 0 aromatic rings. The molecule has 68 valence electrons. The summed E-state index contributed by atoms with van der Waals surface area (Å²) in [5.41, 5.74) is 0. The van der Waals surface area contributed by atoms with E-state index in [9.17, 15) is 0 Å². The van der Waals surface area contributed by atoms with E-state index in [0.717, 1.165) is 12.0 Å². The van der Waals surface area contributed by atoms with E-state index in [4.69, 9.17) is 0 Å². The molecule has 1 heteroatoms. The summed E-state index contributed by atoms with van der Waals surface area (Å²) < 4.78 is 0. The van der Waals surface area contributed by atoms with Gasteiger partial charge in [0.2, 0.25) is 0 Å². The second kappa shape index (κ2) is 4.08. The number of allylic oxidation sites excluding steroid dienone is 2. The van der Waals surface area contributed by atoms with Gasteiger partial charge in [-0.25, -0.2) is 0 Å². The van der Waals surface area contributed by atoms with Gasteiger partial charge in [0, 0.05) is 6.04 Å². The highest BCUT2D eigenvalue weighted by Crippen LogP contribution is 2.25. The number of hydrogen-bond acceptors (Lipinski definition) is 1. The molecule has 0 amide bonds. The summed E-state index contributed by atoms with van der Waals surface area (Å²) in [4.78, 5) is 0. The van der Waals surface area contributed by atoms with E-state index in [1.54, 1.807) is 0 Å². The van der Waals surface area contributed by atoms with Gasteiger partial charge < -0.3 is 5.32 Å². The first-order valence-electron chi connectivity index (χ1n) is 5.33. The van der Waals surface area contributed by atoms with Crippen LogP contribution in [-0.4, -0.2) is 12.6 Å². The number of nitrogens with one attached hydrogen (secondary N) is 1. The maximum atomic E-state index is 3.58. The molecule has 1 aliphatic carbocycles. The Bertz CT molecular complexity index is 156. The molecule has 2 atom stereocenters. The van der Waals surface area contributed by atoms with Crippen molar-refractivity contribution in [1.82, 2.24) is 5.32 Å². The third-order valence-corrected chi connectivity index (χ3v) is 3.16. The lowest BCUT2D eigenvalue weighted by atomic mass is 9.88. The van der Waals surface area contributed by atoms with Crippen LogP contribution >= 0.6 is 0 Å². The third kappa shape index (κ3) is 2.10. The van der Waals surface area contributed by atoms with E-state index >= 15 is 0 Å². The Morgan fingerprint density at radius 1 is 1.25 bits per heavy atom. The quantitative estimate of drug-likeness (QED) is 0.620. The van der Waals surface area contributed by atoms with E-state index in [1.807, 2.05) is 0 Å². The van der Waals surface area contributed by atoms with Gasteiger partial charge in [-0.15, -0.1) is 0 Å². The Morgan fingerprint density at radius 2 is 2.25 bits per heavy atom. The zero-order chi connectivity index (χ0) is 8.23. The van der Waals surface area contributed by atoms with E-state index in [0.29, 0.717) is 0 Å². The topological polar surface area (TPSA) is 12.0 Å². The van der Waals surface area contributed by atoms with Gasteiger partial charge in [-0.3, -0.25) is 0 Å². The second-order valence-electron chi connectivity index (χ2n) is 4.18. The molecule has 1 fully saturated rings. The Labute approximate surface area is 75.2 Å². The average molecular weight is 165 g/mol. The van der Waals surface area contributed by atoms with Crippen LogP contribution in [0.1, 0.15) is 38.5 Å². The summed E-state index contributed by atoms with van der Waals surface area (Å²) in [6, 6.07) is 0.849. The van der Waals surface area contributed by atoms with Gasteiger partial charge in [-0.1, -0.05) is 12.2 Å². The Morgan fingerprint density at radius 3 is 2.92 bits per heavy atom. The van der Waals surface area contributed by atoms with Crippen LogP contribution in [0.5, 0.6) is 0 Å². The standard InChI is InChI=1S/C11H19N/c1-2-5-10(6-3-1)9-11-7-4-8-12-11/h1-2,10-12H,3-9H2. The van der Waals surface area contributed by atoms with Gasteiger partial charge in [0.05, 0.1) is 0 Å². The van der Waals surface area contributed by atoms with Crippen LogP contribution < -0.4 is 5.32 Å². The van der Waals surface area contributed by atoms with Crippen molar-refractivity contribution < 1.29 is 0 Å². The average Bonchev–Trinajstić information content (AvgIpc) is 2.59. The summed E-state index contributed by atoms with van der Waals surface area (Å²) in [5, 5.41) is 3.58. The molecule has 1 nitrogen and oxygen atoms in total. The third-order valence-electron chi connectivity index (χ3n) is 3.16. The minimum absolute atomic E-state index is 0.849. The van der Waals surface area contributed by atoms with Crippen molar-refractivity contribution in [1.29, 1.82) is 0 Å². The molecular formula is C11H19N. The molecule has 1 saturated heterocycles. The lowest BCUT2D eigenvalue weighted by Crippen LogP contribution is -2.24. The smallest absolute Gasteiger partial charge is 0.00702 e. The fourth-order valence-corrected chi connectivity index (χ4v) is 2.43. The molecule has 2 rings (SSSR count). The summed E-state index contributed by atoms with van der Waals surface area (Å²) in [6.45, 7) is 1.26.